The number of aromatic amines is 1. The van der Waals surface area contributed by atoms with E-state index in [1.807, 2.05) is 6.92 Å². The first kappa shape index (κ1) is 20.3. The maximum absolute atomic E-state index is 12.5. The predicted molar refractivity (Wildman–Crippen MR) is 111 cm³/mol. The standard InChI is InChI=1S/C22H24N2O5/c1-4-29-16-7-5-14(6-8-16)21(25)23-12-11-15-13-17-18(27-2)9-10-19(28-3)20(17)24-22(15)26/h5-10,13H,4,11-12H2,1-3H3,(H,23,25)(H,24,26). The summed E-state index contributed by atoms with van der Waals surface area (Å²) in [6, 6.07) is 12.2. The van der Waals surface area contributed by atoms with Gasteiger partial charge in [-0.2, -0.15) is 0 Å². The quantitative estimate of drug-likeness (QED) is 0.611. The number of aromatic nitrogens is 1. The van der Waals surface area contributed by atoms with Gasteiger partial charge in [-0.3, -0.25) is 9.59 Å². The van der Waals surface area contributed by atoms with Gasteiger partial charge in [0.1, 0.15) is 17.2 Å². The molecule has 1 aromatic heterocycles. The number of carbonyl (C=O) groups excluding carboxylic acids is 1. The average Bonchev–Trinajstić information content (AvgIpc) is 2.74. The normalized spacial score (nSPS) is 10.6. The van der Waals surface area contributed by atoms with Gasteiger partial charge in [-0.25, -0.2) is 0 Å². The van der Waals surface area contributed by atoms with Gasteiger partial charge >= 0.3 is 0 Å². The van der Waals surface area contributed by atoms with Crippen molar-refractivity contribution < 1.29 is 19.0 Å². The highest BCUT2D eigenvalue weighted by atomic mass is 16.5. The summed E-state index contributed by atoms with van der Waals surface area (Å²) in [5, 5.41) is 3.59. The highest BCUT2D eigenvalue weighted by Crippen LogP contribution is 2.31. The Hall–Kier alpha value is -3.48. The molecule has 0 aliphatic heterocycles. The third-order valence-corrected chi connectivity index (χ3v) is 4.56. The first-order chi connectivity index (χ1) is 14.1. The first-order valence-corrected chi connectivity index (χ1v) is 9.35. The minimum atomic E-state index is -0.223. The van der Waals surface area contributed by atoms with Gasteiger partial charge in [0.05, 0.1) is 26.3 Å². The summed E-state index contributed by atoms with van der Waals surface area (Å²) < 4.78 is 16.1. The van der Waals surface area contributed by atoms with Crippen LogP contribution in [0.1, 0.15) is 22.8 Å². The van der Waals surface area contributed by atoms with Gasteiger partial charge in [-0.1, -0.05) is 0 Å². The summed E-state index contributed by atoms with van der Waals surface area (Å²) in [6.45, 7) is 2.80. The monoisotopic (exact) mass is 396 g/mol. The van der Waals surface area contributed by atoms with E-state index in [2.05, 4.69) is 10.3 Å². The zero-order valence-electron chi connectivity index (χ0n) is 16.7. The van der Waals surface area contributed by atoms with E-state index in [4.69, 9.17) is 14.2 Å². The van der Waals surface area contributed by atoms with Gasteiger partial charge in [-0.05, 0) is 55.8 Å². The molecule has 7 heteroatoms. The number of pyridine rings is 1. The van der Waals surface area contributed by atoms with Crippen molar-refractivity contribution in [2.24, 2.45) is 0 Å². The molecular formula is C22H24N2O5. The number of fused-ring (bicyclic) bond motifs is 1. The number of rotatable bonds is 8. The second-order valence-corrected chi connectivity index (χ2v) is 6.35. The molecule has 1 heterocycles. The van der Waals surface area contributed by atoms with Crippen LogP contribution in [0.5, 0.6) is 17.2 Å². The molecule has 0 fully saturated rings. The van der Waals surface area contributed by atoms with E-state index in [0.29, 0.717) is 47.7 Å². The SMILES string of the molecule is CCOc1ccc(C(=O)NCCc2cc3c(OC)ccc(OC)c3[nH]c2=O)cc1. The molecule has 0 bridgehead atoms. The molecule has 0 saturated carbocycles. The first-order valence-electron chi connectivity index (χ1n) is 9.35. The zero-order chi connectivity index (χ0) is 20.8. The summed E-state index contributed by atoms with van der Waals surface area (Å²) in [5.41, 5.74) is 1.45. The smallest absolute Gasteiger partial charge is 0.251 e. The fourth-order valence-electron chi connectivity index (χ4n) is 3.10. The number of ether oxygens (including phenoxy) is 3. The Morgan fingerprint density at radius 2 is 1.72 bits per heavy atom. The van der Waals surface area contributed by atoms with Gasteiger partial charge in [0, 0.05) is 23.1 Å². The number of hydrogen-bond acceptors (Lipinski definition) is 5. The molecule has 2 aromatic carbocycles. The van der Waals surface area contributed by atoms with Crippen LogP contribution in [0, 0.1) is 0 Å². The largest absolute Gasteiger partial charge is 0.496 e. The molecule has 29 heavy (non-hydrogen) atoms. The number of benzene rings is 2. The molecule has 1 amide bonds. The van der Waals surface area contributed by atoms with E-state index in [-0.39, 0.29) is 11.5 Å². The van der Waals surface area contributed by atoms with Crippen LogP contribution in [0.4, 0.5) is 0 Å². The van der Waals surface area contributed by atoms with E-state index in [1.54, 1.807) is 56.7 Å². The highest BCUT2D eigenvalue weighted by Gasteiger charge is 2.12. The third-order valence-electron chi connectivity index (χ3n) is 4.56. The van der Waals surface area contributed by atoms with E-state index in [9.17, 15) is 9.59 Å². The average molecular weight is 396 g/mol. The summed E-state index contributed by atoms with van der Waals surface area (Å²) in [5.74, 6) is 1.71. The molecule has 7 nitrogen and oxygen atoms in total. The Morgan fingerprint density at radius 1 is 1.03 bits per heavy atom. The summed E-state index contributed by atoms with van der Waals surface area (Å²) >= 11 is 0. The number of nitrogens with one attached hydrogen (secondary N) is 2. The van der Waals surface area contributed by atoms with Crippen molar-refractivity contribution >= 4 is 16.8 Å². The molecule has 3 rings (SSSR count). The van der Waals surface area contributed by atoms with E-state index in [0.717, 1.165) is 11.1 Å². The molecule has 0 spiro atoms. The van der Waals surface area contributed by atoms with E-state index in [1.165, 1.54) is 0 Å². The lowest BCUT2D eigenvalue weighted by Crippen LogP contribution is -2.27. The second kappa shape index (κ2) is 9.14. The number of carbonyl (C=O) groups is 1. The lowest BCUT2D eigenvalue weighted by molar-refractivity contribution is 0.0954. The van der Waals surface area contributed by atoms with Crippen LogP contribution < -0.4 is 25.1 Å². The number of amides is 1. The predicted octanol–water partition coefficient (Wildman–Crippen LogP) is 2.92. The van der Waals surface area contributed by atoms with Crippen LogP contribution in [-0.2, 0) is 6.42 Å². The fraction of sp³-hybridized carbons (Fsp3) is 0.273. The summed E-state index contributed by atoms with van der Waals surface area (Å²) in [4.78, 5) is 27.6. The molecular weight excluding hydrogens is 372 g/mol. The van der Waals surface area contributed by atoms with Crippen LogP contribution in [0.2, 0.25) is 0 Å². The fourth-order valence-corrected chi connectivity index (χ4v) is 3.10. The maximum atomic E-state index is 12.5. The minimum Gasteiger partial charge on any atom is -0.496 e. The van der Waals surface area contributed by atoms with E-state index < -0.39 is 0 Å². The van der Waals surface area contributed by atoms with Crippen molar-refractivity contribution in [3.63, 3.8) is 0 Å². The maximum Gasteiger partial charge on any atom is 0.251 e. The molecule has 0 aliphatic rings. The number of methoxy groups -OCH3 is 2. The lowest BCUT2D eigenvalue weighted by Gasteiger charge is -2.11. The van der Waals surface area contributed by atoms with Crippen LogP contribution >= 0.6 is 0 Å². The number of hydrogen-bond donors (Lipinski definition) is 2. The Balaban J connectivity index is 1.72. The van der Waals surface area contributed by atoms with E-state index >= 15 is 0 Å². The van der Waals surface area contributed by atoms with Gasteiger partial charge in [0.25, 0.3) is 11.5 Å². The van der Waals surface area contributed by atoms with Gasteiger partial charge in [-0.15, -0.1) is 0 Å². The molecule has 3 aromatic rings. The third kappa shape index (κ3) is 4.51. The van der Waals surface area contributed by atoms with Crippen LogP contribution in [0.25, 0.3) is 10.9 Å². The lowest BCUT2D eigenvalue weighted by atomic mass is 10.1. The second-order valence-electron chi connectivity index (χ2n) is 6.35. The summed E-state index contributed by atoms with van der Waals surface area (Å²) in [6.07, 6.45) is 0.383. The highest BCUT2D eigenvalue weighted by molar-refractivity contribution is 5.94. The van der Waals surface area contributed by atoms with Crippen molar-refractivity contribution in [2.75, 3.05) is 27.4 Å². The number of H-pyrrole nitrogens is 1. The van der Waals surface area contributed by atoms with Crippen LogP contribution in [0.15, 0.2) is 47.3 Å². The summed E-state index contributed by atoms with van der Waals surface area (Å²) in [7, 11) is 3.12. The molecule has 0 atom stereocenters. The molecule has 0 aliphatic carbocycles. The molecule has 2 N–H and O–H groups in total. The van der Waals surface area contributed by atoms with Gasteiger partial charge in [0.2, 0.25) is 0 Å². The molecule has 0 saturated heterocycles. The molecule has 152 valence electrons. The van der Waals surface area contributed by atoms with Crippen molar-refractivity contribution in [2.45, 2.75) is 13.3 Å². The Kier molecular flexibility index (Phi) is 6.39. The molecule has 0 radical (unpaired) electrons. The zero-order valence-corrected chi connectivity index (χ0v) is 16.7. The van der Waals surface area contributed by atoms with Crippen molar-refractivity contribution in [3.8, 4) is 17.2 Å². The van der Waals surface area contributed by atoms with Crippen LogP contribution in [-0.4, -0.2) is 38.3 Å². The Morgan fingerprint density at radius 3 is 2.38 bits per heavy atom. The van der Waals surface area contributed by atoms with Crippen molar-refractivity contribution in [1.82, 2.24) is 10.3 Å². The minimum absolute atomic E-state index is 0.204. The topological polar surface area (TPSA) is 89.7 Å². The van der Waals surface area contributed by atoms with Crippen molar-refractivity contribution in [3.05, 3.63) is 63.9 Å². The van der Waals surface area contributed by atoms with Crippen molar-refractivity contribution in [1.29, 1.82) is 0 Å². The van der Waals surface area contributed by atoms with Gasteiger partial charge < -0.3 is 24.5 Å². The van der Waals surface area contributed by atoms with Gasteiger partial charge in [0.15, 0.2) is 0 Å². The molecule has 0 unspecified atom stereocenters. The van der Waals surface area contributed by atoms with Crippen LogP contribution in [0.3, 0.4) is 0 Å². The Bertz CT molecular complexity index is 1060. The Labute approximate surface area is 168 Å².